The van der Waals surface area contributed by atoms with Gasteiger partial charge in [0.2, 0.25) is 0 Å². The Morgan fingerprint density at radius 2 is 1.94 bits per heavy atom. The van der Waals surface area contributed by atoms with E-state index in [9.17, 15) is 0 Å². The molecule has 1 aliphatic rings. The average Bonchev–Trinajstić information content (AvgIpc) is 2.83. The normalized spacial score (nSPS) is 16.8. The molecule has 0 saturated carbocycles. The van der Waals surface area contributed by atoms with Crippen molar-refractivity contribution in [2.45, 2.75) is 26.2 Å². The maximum Gasteiger partial charge on any atom is 0.134 e. The van der Waals surface area contributed by atoms with Gasteiger partial charge in [0.25, 0.3) is 0 Å². The predicted octanol–water partition coefficient (Wildman–Crippen LogP) is 2.09. The van der Waals surface area contributed by atoms with Crippen molar-refractivity contribution < 1.29 is 5.21 Å². The van der Waals surface area contributed by atoms with Crippen molar-refractivity contribution in [1.82, 2.24) is 15.0 Å². The Morgan fingerprint density at radius 1 is 1.17 bits per heavy atom. The highest BCUT2D eigenvalue weighted by Crippen LogP contribution is 2.19. The largest absolute Gasteiger partial charge is 0.411 e. The number of rotatable bonds is 1. The number of benzene rings is 1. The molecule has 0 radical (unpaired) electrons. The summed E-state index contributed by atoms with van der Waals surface area (Å²) in [5.74, 6) is 0. The predicted molar refractivity (Wildman–Crippen MR) is 67.4 cm³/mol. The molecule has 1 aromatic heterocycles. The first-order valence-electron chi connectivity index (χ1n) is 6.02. The fraction of sp³-hybridized carbons (Fsp3) is 0.308. The minimum Gasteiger partial charge on any atom is -0.411 e. The van der Waals surface area contributed by atoms with E-state index in [0.29, 0.717) is 5.71 Å². The van der Waals surface area contributed by atoms with E-state index in [-0.39, 0.29) is 0 Å². The topological polar surface area (TPSA) is 63.3 Å². The highest BCUT2D eigenvalue weighted by molar-refractivity contribution is 6.00. The molecular formula is C13H14N4O. The Morgan fingerprint density at radius 3 is 2.67 bits per heavy atom. The van der Waals surface area contributed by atoms with Gasteiger partial charge in [0.15, 0.2) is 0 Å². The summed E-state index contributed by atoms with van der Waals surface area (Å²) in [4.78, 5) is 1.61. The molecule has 1 N–H and O–H groups in total. The van der Waals surface area contributed by atoms with Gasteiger partial charge in [-0.05, 0) is 38.3 Å². The SMILES string of the molecule is Cc1ccc(-n2nc3c(n2)/C(=N/O)CCC3)cc1. The van der Waals surface area contributed by atoms with Crippen LogP contribution in [0.2, 0.25) is 0 Å². The molecule has 1 heterocycles. The Kier molecular flexibility index (Phi) is 2.59. The lowest BCUT2D eigenvalue weighted by Gasteiger charge is -2.07. The van der Waals surface area contributed by atoms with Crippen molar-refractivity contribution in [3.8, 4) is 5.69 Å². The fourth-order valence-corrected chi connectivity index (χ4v) is 2.16. The van der Waals surface area contributed by atoms with Crippen LogP contribution in [0.4, 0.5) is 0 Å². The van der Waals surface area contributed by atoms with Gasteiger partial charge in [-0.3, -0.25) is 0 Å². The molecule has 0 saturated heterocycles. The molecule has 0 unspecified atom stereocenters. The van der Waals surface area contributed by atoms with Gasteiger partial charge in [0.1, 0.15) is 11.4 Å². The lowest BCUT2D eigenvalue weighted by molar-refractivity contribution is 0.317. The first-order valence-corrected chi connectivity index (χ1v) is 6.02. The lowest BCUT2D eigenvalue weighted by Crippen LogP contribution is -2.11. The van der Waals surface area contributed by atoms with Gasteiger partial charge in [0.05, 0.1) is 11.4 Å². The van der Waals surface area contributed by atoms with Crippen molar-refractivity contribution in [3.63, 3.8) is 0 Å². The van der Waals surface area contributed by atoms with Gasteiger partial charge in [0, 0.05) is 0 Å². The van der Waals surface area contributed by atoms with Crippen molar-refractivity contribution in [3.05, 3.63) is 41.2 Å². The van der Waals surface area contributed by atoms with Crippen LogP contribution in [0.3, 0.4) is 0 Å². The van der Waals surface area contributed by atoms with Crippen LogP contribution in [0.25, 0.3) is 5.69 Å². The number of oxime groups is 1. The van der Waals surface area contributed by atoms with Gasteiger partial charge in [-0.25, -0.2) is 0 Å². The van der Waals surface area contributed by atoms with E-state index in [0.717, 1.165) is 36.3 Å². The molecule has 0 fully saturated rings. The van der Waals surface area contributed by atoms with E-state index in [1.807, 2.05) is 31.2 Å². The summed E-state index contributed by atoms with van der Waals surface area (Å²) in [6, 6.07) is 8.02. The minimum absolute atomic E-state index is 0.634. The molecule has 1 aliphatic carbocycles. The zero-order valence-corrected chi connectivity index (χ0v) is 10.2. The van der Waals surface area contributed by atoms with E-state index in [4.69, 9.17) is 5.21 Å². The first-order chi connectivity index (χ1) is 8.78. The van der Waals surface area contributed by atoms with Crippen LogP contribution in [0.15, 0.2) is 29.4 Å². The summed E-state index contributed by atoms with van der Waals surface area (Å²) in [7, 11) is 0. The Hall–Kier alpha value is -2.17. The number of fused-ring (bicyclic) bond motifs is 1. The van der Waals surface area contributed by atoms with E-state index >= 15 is 0 Å². The second-order valence-corrected chi connectivity index (χ2v) is 4.52. The zero-order valence-electron chi connectivity index (χ0n) is 10.2. The summed E-state index contributed by atoms with van der Waals surface area (Å²) in [6.07, 6.45) is 2.61. The van der Waals surface area contributed by atoms with Crippen LogP contribution in [0.5, 0.6) is 0 Å². The molecule has 92 valence electrons. The molecule has 3 rings (SSSR count). The maximum atomic E-state index is 8.96. The standard InChI is InChI=1S/C13H14N4O/c1-9-5-7-10(8-6-9)17-14-11-3-2-4-12(16-18)13(11)15-17/h5-8,18H,2-4H2,1H3/b16-12+. The molecule has 0 aliphatic heterocycles. The van der Waals surface area contributed by atoms with Crippen molar-refractivity contribution in [1.29, 1.82) is 0 Å². The van der Waals surface area contributed by atoms with Crippen LogP contribution in [-0.2, 0) is 6.42 Å². The number of hydrogen-bond donors (Lipinski definition) is 1. The quantitative estimate of drug-likeness (QED) is 0.615. The molecule has 1 aromatic carbocycles. The van der Waals surface area contributed by atoms with Gasteiger partial charge < -0.3 is 5.21 Å². The smallest absolute Gasteiger partial charge is 0.134 e. The van der Waals surface area contributed by atoms with E-state index in [1.54, 1.807) is 4.80 Å². The second-order valence-electron chi connectivity index (χ2n) is 4.52. The molecule has 5 nitrogen and oxygen atoms in total. The maximum absolute atomic E-state index is 8.96. The highest BCUT2D eigenvalue weighted by atomic mass is 16.4. The second kappa shape index (κ2) is 4.25. The molecule has 0 bridgehead atoms. The number of hydrogen-bond acceptors (Lipinski definition) is 4. The van der Waals surface area contributed by atoms with Gasteiger partial charge >= 0.3 is 0 Å². The molecule has 0 atom stereocenters. The summed E-state index contributed by atoms with van der Waals surface area (Å²) < 4.78 is 0. The Balaban J connectivity index is 2.05. The number of aromatic nitrogens is 3. The summed E-state index contributed by atoms with van der Waals surface area (Å²) in [5, 5.41) is 21.2. The van der Waals surface area contributed by atoms with Crippen LogP contribution < -0.4 is 0 Å². The van der Waals surface area contributed by atoms with Crippen LogP contribution in [-0.4, -0.2) is 25.9 Å². The number of aryl methyl sites for hydroxylation is 2. The third kappa shape index (κ3) is 1.77. The number of nitrogens with zero attached hydrogens (tertiary/aromatic N) is 4. The van der Waals surface area contributed by atoms with Crippen molar-refractivity contribution in [2.75, 3.05) is 0 Å². The summed E-state index contributed by atoms with van der Waals surface area (Å²) >= 11 is 0. The minimum atomic E-state index is 0.634. The molecule has 2 aromatic rings. The van der Waals surface area contributed by atoms with Crippen LogP contribution >= 0.6 is 0 Å². The lowest BCUT2D eigenvalue weighted by atomic mass is 9.99. The molecule has 0 spiro atoms. The zero-order chi connectivity index (χ0) is 12.5. The van der Waals surface area contributed by atoms with Crippen molar-refractivity contribution in [2.24, 2.45) is 5.16 Å². The van der Waals surface area contributed by atoms with Gasteiger partial charge in [-0.2, -0.15) is 9.90 Å². The van der Waals surface area contributed by atoms with Crippen LogP contribution in [0, 0.1) is 6.92 Å². The average molecular weight is 242 g/mol. The summed E-state index contributed by atoms with van der Waals surface area (Å²) in [5.41, 5.74) is 4.40. The van der Waals surface area contributed by atoms with Crippen molar-refractivity contribution >= 4 is 5.71 Å². The van der Waals surface area contributed by atoms with E-state index in [1.165, 1.54) is 5.56 Å². The molecule has 18 heavy (non-hydrogen) atoms. The molecular weight excluding hydrogens is 228 g/mol. The third-order valence-electron chi connectivity index (χ3n) is 3.17. The van der Waals surface area contributed by atoms with E-state index < -0.39 is 0 Å². The monoisotopic (exact) mass is 242 g/mol. The fourth-order valence-electron chi connectivity index (χ4n) is 2.16. The highest BCUT2D eigenvalue weighted by Gasteiger charge is 2.22. The van der Waals surface area contributed by atoms with Gasteiger partial charge in [-0.1, -0.05) is 22.9 Å². The van der Waals surface area contributed by atoms with Gasteiger partial charge in [-0.15, -0.1) is 5.10 Å². The molecule has 0 amide bonds. The van der Waals surface area contributed by atoms with Crippen LogP contribution in [0.1, 0.15) is 29.8 Å². The first kappa shape index (κ1) is 11.0. The Bertz CT molecular complexity index is 598. The van der Waals surface area contributed by atoms with E-state index in [2.05, 4.69) is 15.4 Å². The third-order valence-corrected chi connectivity index (χ3v) is 3.17. The molecule has 5 heteroatoms. The summed E-state index contributed by atoms with van der Waals surface area (Å²) in [6.45, 7) is 2.04. The Labute approximate surface area is 105 Å².